The van der Waals surface area contributed by atoms with Crippen molar-refractivity contribution in [2.24, 2.45) is 11.8 Å². The van der Waals surface area contributed by atoms with E-state index in [-0.39, 0.29) is 12.1 Å². The number of hydrogen-bond donors (Lipinski definition) is 1. The molecule has 1 unspecified atom stereocenters. The van der Waals surface area contributed by atoms with Gasteiger partial charge in [-0.1, -0.05) is 20.8 Å². The van der Waals surface area contributed by atoms with Gasteiger partial charge in [0.05, 0.1) is 6.17 Å². The zero-order valence-electron chi connectivity index (χ0n) is 22.0. The Morgan fingerprint density at radius 1 is 1.12 bits per heavy atom. The third kappa shape index (κ3) is 5.97. The fraction of sp³-hybridized carbons (Fsp3) is 0.815. The Hall–Kier alpha value is -1.57. The number of Topliss-reactive ketones (excluding diaryl/α,β-unsaturated/α-hetero) is 1. The number of carbonyl (C=O) groups excluding carboxylic acids is 1. The number of nitrogens with one attached hydrogen (secondary N) is 1. The van der Waals surface area contributed by atoms with Gasteiger partial charge in [0, 0.05) is 56.5 Å². The Morgan fingerprint density at radius 2 is 1.79 bits per heavy atom. The molecule has 0 radical (unpaired) electrons. The van der Waals surface area contributed by atoms with E-state index >= 15 is 0 Å². The van der Waals surface area contributed by atoms with Crippen molar-refractivity contribution in [2.75, 3.05) is 44.2 Å². The SMILES string of the molecule is CCN(CC1NCCN1c1ncc(C2CCN(C3CC(CC(=O)C(C)C)C3)CC2)cn1)C(C)C. The lowest BCUT2D eigenvalue weighted by molar-refractivity contribution is -0.124. The molecular formula is C27H46N6O. The first-order chi connectivity index (χ1) is 16.4. The van der Waals surface area contributed by atoms with Gasteiger partial charge in [-0.25, -0.2) is 9.97 Å². The van der Waals surface area contributed by atoms with Crippen LogP contribution in [0.3, 0.4) is 0 Å². The zero-order chi connectivity index (χ0) is 24.2. The molecule has 0 bridgehead atoms. The fourth-order valence-electron chi connectivity index (χ4n) is 5.92. The Balaban J connectivity index is 1.25. The summed E-state index contributed by atoms with van der Waals surface area (Å²) in [5, 5.41) is 3.63. The third-order valence-electron chi connectivity index (χ3n) is 8.43. The van der Waals surface area contributed by atoms with Crippen molar-refractivity contribution in [3.8, 4) is 0 Å². The Bertz CT molecular complexity index is 783. The Labute approximate surface area is 206 Å². The van der Waals surface area contributed by atoms with Gasteiger partial charge >= 0.3 is 0 Å². The predicted octanol–water partition coefficient (Wildman–Crippen LogP) is 3.52. The number of piperidine rings is 1. The summed E-state index contributed by atoms with van der Waals surface area (Å²) in [6, 6.07) is 1.23. The summed E-state index contributed by atoms with van der Waals surface area (Å²) in [6.07, 6.45) is 10.00. The highest BCUT2D eigenvalue weighted by Crippen LogP contribution is 2.38. The molecule has 2 aliphatic heterocycles. The van der Waals surface area contributed by atoms with Crippen LogP contribution in [-0.4, -0.2) is 83.1 Å². The number of carbonyl (C=O) groups is 1. The minimum atomic E-state index is 0.182. The van der Waals surface area contributed by atoms with Crippen molar-refractivity contribution in [3.63, 3.8) is 0 Å². The number of likely N-dealkylation sites (tertiary alicyclic amines) is 1. The molecule has 3 aliphatic rings. The van der Waals surface area contributed by atoms with Crippen molar-refractivity contribution < 1.29 is 4.79 Å². The maximum atomic E-state index is 12.0. The monoisotopic (exact) mass is 470 g/mol. The maximum Gasteiger partial charge on any atom is 0.226 e. The molecule has 1 atom stereocenters. The molecule has 7 nitrogen and oxygen atoms in total. The van der Waals surface area contributed by atoms with E-state index in [4.69, 9.17) is 9.97 Å². The predicted molar refractivity (Wildman–Crippen MR) is 138 cm³/mol. The molecule has 0 spiro atoms. The first-order valence-electron chi connectivity index (χ1n) is 13.7. The largest absolute Gasteiger partial charge is 0.323 e. The number of aromatic nitrogens is 2. The van der Waals surface area contributed by atoms with E-state index in [1.165, 1.54) is 31.2 Å². The number of rotatable bonds is 10. The van der Waals surface area contributed by atoms with E-state index in [9.17, 15) is 4.79 Å². The lowest BCUT2D eigenvalue weighted by atomic mass is 9.74. The average Bonchev–Trinajstić information content (AvgIpc) is 3.27. The first-order valence-corrected chi connectivity index (χ1v) is 13.7. The summed E-state index contributed by atoms with van der Waals surface area (Å²) in [5.74, 6) is 2.65. The van der Waals surface area contributed by atoms with Crippen molar-refractivity contribution in [3.05, 3.63) is 18.0 Å². The van der Waals surface area contributed by atoms with E-state index in [1.54, 1.807) is 0 Å². The molecule has 1 aliphatic carbocycles. The maximum absolute atomic E-state index is 12.0. The number of anilines is 1. The molecule has 0 amide bonds. The van der Waals surface area contributed by atoms with Crippen LogP contribution in [-0.2, 0) is 4.79 Å². The summed E-state index contributed by atoms with van der Waals surface area (Å²) in [6.45, 7) is 17.1. The Morgan fingerprint density at radius 3 is 2.38 bits per heavy atom. The lowest BCUT2D eigenvalue weighted by Crippen LogP contribution is -2.48. The van der Waals surface area contributed by atoms with Crippen molar-refractivity contribution in [1.82, 2.24) is 25.1 Å². The number of ketones is 1. The van der Waals surface area contributed by atoms with Gasteiger partial charge in [-0.15, -0.1) is 0 Å². The molecule has 1 aromatic rings. The minimum Gasteiger partial charge on any atom is -0.323 e. The summed E-state index contributed by atoms with van der Waals surface area (Å²) in [4.78, 5) is 29.1. The van der Waals surface area contributed by atoms with Gasteiger partial charge in [0.15, 0.2) is 0 Å². The van der Waals surface area contributed by atoms with E-state index in [0.29, 0.717) is 29.7 Å². The minimum absolute atomic E-state index is 0.182. The number of likely N-dealkylation sites (N-methyl/N-ethyl adjacent to an activating group) is 1. The highest BCUT2D eigenvalue weighted by molar-refractivity contribution is 5.80. The standard InChI is InChI=1S/C27H46N6O/c1-6-31(20(4)5)18-26-28-9-12-33(26)27-29-16-23(17-30-27)22-7-10-32(11-8-22)24-13-21(14-24)15-25(34)19(2)3/h16-17,19-22,24,26,28H,6-15,18H2,1-5H3. The topological polar surface area (TPSA) is 64.6 Å². The summed E-state index contributed by atoms with van der Waals surface area (Å²) in [5.41, 5.74) is 1.29. The third-order valence-corrected chi connectivity index (χ3v) is 8.43. The lowest BCUT2D eigenvalue weighted by Gasteiger charge is -2.46. The summed E-state index contributed by atoms with van der Waals surface area (Å²) < 4.78 is 0. The van der Waals surface area contributed by atoms with E-state index < -0.39 is 0 Å². The van der Waals surface area contributed by atoms with E-state index in [0.717, 1.165) is 51.6 Å². The second-order valence-corrected chi connectivity index (χ2v) is 11.3. The molecule has 2 saturated heterocycles. The van der Waals surface area contributed by atoms with Crippen LogP contribution in [0.5, 0.6) is 0 Å². The van der Waals surface area contributed by atoms with Crippen LogP contribution in [0.2, 0.25) is 0 Å². The van der Waals surface area contributed by atoms with Gasteiger partial charge < -0.3 is 9.80 Å². The van der Waals surface area contributed by atoms with E-state index in [1.807, 2.05) is 13.8 Å². The summed E-state index contributed by atoms with van der Waals surface area (Å²) >= 11 is 0. The molecular weight excluding hydrogens is 424 g/mol. The zero-order valence-corrected chi connectivity index (χ0v) is 22.0. The Kier molecular flexibility index (Phi) is 8.59. The fourth-order valence-corrected chi connectivity index (χ4v) is 5.92. The second kappa shape index (κ2) is 11.4. The van der Waals surface area contributed by atoms with Crippen LogP contribution < -0.4 is 10.2 Å². The van der Waals surface area contributed by atoms with Crippen LogP contribution in [0.15, 0.2) is 12.4 Å². The molecule has 1 saturated carbocycles. The van der Waals surface area contributed by atoms with Crippen LogP contribution in [0.4, 0.5) is 5.95 Å². The molecule has 1 aromatic heterocycles. The highest BCUT2D eigenvalue weighted by atomic mass is 16.1. The van der Waals surface area contributed by atoms with Gasteiger partial charge in [0.25, 0.3) is 0 Å². The normalized spacial score (nSPS) is 26.6. The van der Waals surface area contributed by atoms with Crippen molar-refractivity contribution in [2.45, 2.75) is 90.9 Å². The van der Waals surface area contributed by atoms with Crippen LogP contribution in [0.1, 0.15) is 78.2 Å². The van der Waals surface area contributed by atoms with Crippen LogP contribution >= 0.6 is 0 Å². The molecule has 34 heavy (non-hydrogen) atoms. The van der Waals surface area contributed by atoms with Crippen molar-refractivity contribution >= 4 is 11.7 Å². The molecule has 3 fully saturated rings. The molecule has 3 heterocycles. The van der Waals surface area contributed by atoms with Gasteiger partial charge in [-0.05, 0) is 76.6 Å². The molecule has 1 N–H and O–H groups in total. The summed E-state index contributed by atoms with van der Waals surface area (Å²) in [7, 11) is 0. The average molecular weight is 471 g/mol. The molecule has 0 aromatic carbocycles. The van der Waals surface area contributed by atoms with Gasteiger partial charge in [-0.3, -0.25) is 15.0 Å². The number of hydrogen-bond acceptors (Lipinski definition) is 7. The van der Waals surface area contributed by atoms with Gasteiger partial charge in [-0.2, -0.15) is 0 Å². The van der Waals surface area contributed by atoms with Crippen LogP contribution in [0.25, 0.3) is 0 Å². The van der Waals surface area contributed by atoms with Gasteiger partial charge in [0.1, 0.15) is 5.78 Å². The van der Waals surface area contributed by atoms with Crippen LogP contribution in [0, 0.1) is 11.8 Å². The second-order valence-electron chi connectivity index (χ2n) is 11.3. The van der Waals surface area contributed by atoms with Crippen molar-refractivity contribution in [1.29, 1.82) is 0 Å². The smallest absolute Gasteiger partial charge is 0.226 e. The number of nitrogens with zero attached hydrogens (tertiary/aromatic N) is 5. The highest BCUT2D eigenvalue weighted by Gasteiger charge is 2.36. The van der Waals surface area contributed by atoms with Gasteiger partial charge in [0.2, 0.25) is 5.95 Å². The quantitative estimate of drug-likeness (QED) is 0.561. The first kappa shape index (κ1) is 25.5. The molecule has 190 valence electrons. The molecule has 4 rings (SSSR count). The van der Waals surface area contributed by atoms with E-state index in [2.05, 4.69) is 53.2 Å². The molecule has 7 heteroatoms.